The minimum Gasteiger partial charge on any atom is -0.493 e. The van der Waals surface area contributed by atoms with Crippen molar-refractivity contribution >= 4 is 10.9 Å². The van der Waals surface area contributed by atoms with Gasteiger partial charge in [0, 0.05) is 29.5 Å². The molecule has 1 N–H and O–H groups in total. The van der Waals surface area contributed by atoms with Crippen LogP contribution in [-0.4, -0.2) is 40.4 Å². The Bertz CT molecular complexity index is 1210. The molecule has 0 unspecified atom stereocenters. The largest absolute Gasteiger partial charge is 0.493 e. The summed E-state index contributed by atoms with van der Waals surface area (Å²) in [6.07, 6.45) is 3.48. The number of aromatic nitrogens is 3. The van der Waals surface area contributed by atoms with Gasteiger partial charge < -0.3 is 19.3 Å². The predicted molar refractivity (Wildman–Crippen MR) is 118 cm³/mol. The molecule has 0 aliphatic carbocycles. The van der Waals surface area contributed by atoms with Crippen LogP contribution >= 0.6 is 0 Å². The molecule has 0 aliphatic heterocycles. The van der Waals surface area contributed by atoms with Gasteiger partial charge in [-0.15, -0.1) is 0 Å². The monoisotopic (exact) mass is 417 g/mol. The standard InChI is InChI=1S/C24H23N3O4/c1-15-4-6-18(26-14-15)24-21(7-5-16(2)27-24)31-20-8-9-25-19-13-23(30-11-10-28)22(29-3)12-17(19)20/h4-9,12-14,28H,10-11H2,1-3H3. The van der Waals surface area contributed by atoms with E-state index in [0.717, 1.165) is 22.3 Å². The maximum Gasteiger partial charge on any atom is 0.163 e. The summed E-state index contributed by atoms with van der Waals surface area (Å²) < 4.78 is 17.3. The second kappa shape index (κ2) is 8.97. The fourth-order valence-corrected chi connectivity index (χ4v) is 3.18. The number of aryl methyl sites for hydroxylation is 2. The van der Waals surface area contributed by atoms with Gasteiger partial charge in [0.1, 0.15) is 18.1 Å². The molecule has 4 rings (SSSR count). The van der Waals surface area contributed by atoms with Crippen LogP contribution in [0.5, 0.6) is 23.0 Å². The first-order chi connectivity index (χ1) is 15.1. The molecule has 0 saturated heterocycles. The van der Waals surface area contributed by atoms with E-state index in [1.807, 2.05) is 50.4 Å². The van der Waals surface area contributed by atoms with Gasteiger partial charge in [-0.1, -0.05) is 6.07 Å². The molecule has 31 heavy (non-hydrogen) atoms. The zero-order valence-corrected chi connectivity index (χ0v) is 17.6. The maximum atomic E-state index is 9.05. The molecule has 0 atom stereocenters. The van der Waals surface area contributed by atoms with Crippen LogP contribution in [0.3, 0.4) is 0 Å². The fourth-order valence-electron chi connectivity index (χ4n) is 3.18. The summed E-state index contributed by atoms with van der Waals surface area (Å²) in [7, 11) is 1.56. The average Bonchev–Trinajstić information content (AvgIpc) is 2.79. The van der Waals surface area contributed by atoms with Gasteiger partial charge in [0.2, 0.25) is 0 Å². The first kappa shape index (κ1) is 20.6. The van der Waals surface area contributed by atoms with E-state index in [9.17, 15) is 0 Å². The molecule has 0 fully saturated rings. The third-order valence-electron chi connectivity index (χ3n) is 4.71. The normalized spacial score (nSPS) is 10.8. The number of hydrogen-bond donors (Lipinski definition) is 1. The molecule has 7 nitrogen and oxygen atoms in total. The van der Waals surface area contributed by atoms with E-state index in [1.54, 1.807) is 25.4 Å². The van der Waals surface area contributed by atoms with Crippen LogP contribution in [0.4, 0.5) is 0 Å². The Hall–Kier alpha value is -3.71. The smallest absolute Gasteiger partial charge is 0.163 e. The Morgan fingerprint density at radius 1 is 0.903 bits per heavy atom. The van der Waals surface area contributed by atoms with Crippen LogP contribution in [0.2, 0.25) is 0 Å². The number of hydrogen-bond acceptors (Lipinski definition) is 7. The lowest BCUT2D eigenvalue weighted by atomic mass is 10.1. The zero-order chi connectivity index (χ0) is 21.8. The average molecular weight is 417 g/mol. The predicted octanol–water partition coefficient (Wildman–Crippen LogP) is 4.48. The molecule has 0 radical (unpaired) electrons. The Labute approximate surface area is 180 Å². The molecule has 0 aliphatic rings. The topological polar surface area (TPSA) is 86.6 Å². The quantitative estimate of drug-likeness (QED) is 0.474. The fraction of sp³-hybridized carbons (Fsp3) is 0.208. The van der Waals surface area contributed by atoms with Gasteiger partial charge in [-0.25, -0.2) is 4.98 Å². The Morgan fingerprint density at radius 2 is 1.77 bits per heavy atom. The van der Waals surface area contributed by atoms with Crippen molar-refractivity contribution in [3.05, 3.63) is 66.1 Å². The minimum atomic E-state index is -0.0893. The van der Waals surface area contributed by atoms with Crippen molar-refractivity contribution in [2.45, 2.75) is 13.8 Å². The molecule has 0 saturated carbocycles. The van der Waals surface area contributed by atoms with E-state index < -0.39 is 0 Å². The summed E-state index contributed by atoms with van der Waals surface area (Å²) in [5.41, 5.74) is 4.03. The van der Waals surface area contributed by atoms with Gasteiger partial charge in [0.25, 0.3) is 0 Å². The summed E-state index contributed by atoms with van der Waals surface area (Å²) >= 11 is 0. The van der Waals surface area contributed by atoms with Crippen molar-refractivity contribution in [2.24, 2.45) is 0 Å². The van der Waals surface area contributed by atoms with Gasteiger partial charge in [-0.05, 0) is 49.7 Å². The molecule has 3 heterocycles. The van der Waals surface area contributed by atoms with Gasteiger partial charge in [-0.2, -0.15) is 0 Å². The number of methoxy groups -OCH3 is 1. The third-order valence-corrected chi connectivity index (χ3v) is 4.71. The molecular formula is C24H23N3O4. The molecule has 0 bridgehead atoms. The highest BCUT2D eigenvalue weighted by atomic mass is 16.5. The van der Waals surface area contributed by atoms with Crippen molar-refractivity contribution in [3.8, 4) is 34.4 Å². The summed E-state index contributed by atoms with van der Waals surface area (Å²) in [6.45, 7) is 4.00. The molecular weight excluding hydrogens is 394 g/mol. The summed E-state index contributed by atoms with van der Waals surface area (Å²) in [6, 6.07) is 13.1. The van der Waals surface area contributed by atoms with E-state index in [2.05, 4.69) is 15.0 Å². The Morgan fingerprint density at radius 3 is 2.52 bits per heavy atom. The highest BCUT2D eigenvalue weighted by molar-refractivity contribution is 5.88. The number of benzene rings is 1. The number of aliphatic hydroxyl groups is 1. The SMILES string of the molecule is COc1cc2c(Oc3ccc(C)nc3-c3ccc(C)cn3)ccnc2cc1OCCO. The van der Waals surface area contributed by atoms with Crippen LogP contribution < -0.4 is 14.2 Å². The Balaban J connectivity index is 1.78. The van der Waals surface area contributed by atoms with Gasteiger partial charge in [0.15, 0.2) is 17.2 Å². The summed E-state index contributed by atoms with van der Waals surface area (Å²) in [5, 5.41) is 9.82. The molecule has 3 aromatic heterocycles. The number of pyridine rings is 3. The van der Waals surface area contributed by atoms with Gasteiger partial charge in [0.05, 0.1) is 24.9 Å². The Kier molecular flexibility index (Phi) is 5.95. The number of nitrogens with zero attached hydrogens (tertiary/aromatic N) is 3. The minimum absolute atomic E-state index is 0.0893. The van der Waals surface area contributed by atoms with Crippen LogP contribution in [0.25, 0.3) is 22.3 Å². The van der Waals surface area contributed by atoms with Gasteiger partial charge >= 0.3 is 0 Å². The molecule has 4 aromatic rings. The number of aliphatic hydroxyl groups excluding tert-OH is 1. The highest BCUT2D eigenvalue weighted by Crippen LogP contribution is 2.38. The van der Waals surface area contributed by atoms with Crippen molar-refractivity contribution < 1.29 is 19.3 Å². The first-order valence-electron chi connectivity index (χ1n) is 9.88. The lowest BCUT2D eigenvalue weighted by Gasteiger charge is -2.15. The third kappa shape index (κ3) is 4.41. The van der Waals surface area contributed by atoms with Crippen LogP contribution in [-0.2, 0) is 0 Å². The molecule has 0 amide bonds. The van der Waals surface area contributed by atoms with Crippen LogP contribution in [0.15, 0.2) is 54.9 Å². The lowest BCUT2D eigenvalue weighted by Crippen LogP contribution is -2.03. The van der Waals surface area contributed by atoms with E-state index in [4.69, 9.17) is 19.3 Å². The first-order valence-corrected chi connectivity index (χ1v) is 9.88. The second-order valence-corrected chi connectivity index (χ2v) is 7.02. The summed E-state index contributed by atoms with van der Waals surface area (Å²) in [4.78, 5) is 13.6. The van der Waals surface area contributed by atoms with Crippen molar-refractivity contribution in [2.75, 3.05) is 20.3 Å². The lowest BCUT2D eigenvalue weighted by molar-refractivity contribution is 0.196. The molecule has 7 heteroatoms. The molecule has 158 valence electrons. The van der Waals surface area contributed by atoms with Crippen LogP contribution in [0, 0.1) is 13.8 Å². The maximum absolute atomic E-state index is 9.05. The number of ether oxygens (including phenoxy) is 3. The second-order valence-electron chi connectivity index (χ2n) is 7.02. The number of fused-ring (bicyclic) bond motifs is 1. The van der Waals surface area contributed by atoms with E-state index >= 15 is 0 Å². The summed E-state index contributed by atoms with van der Waals surface area (Å²) in [5.74, 6) is 2.24. The zero-order valence-electron chi connectivity index (χ0n) is 17.6. The van der Waals surface area contributed by atoms with Gasteiger partial charge in [-0.3, -0.25) is 9.97 Å². The van der Waals surface area contributed by atoms with Crippen molar-refractivity contribution in [1.29, 1.82) is 0 Å². The van der Waals surface area contributed by atoms with E-state index in [1.165, 1.54) is 0 Å². The molecule has 0 spiro atoms. The number of rotatable bonds is 7. The van der Waals surface area contributed by atoms with E-state index in [-0.39, 0.29) is 13.2 Å². The molecule has 1 aromatic carbocycles. The highest BCUT2D eigenvalue weighted by Gasteiger charge is 2.15. The van der Waals surface area contributed by atoms with E-state index in [0.29, 0.717) is 34.2 Å². The van der Waals surface area contributed by atoms with Crippen molar-refractivity contribution in [1.82, 2.24) is 15.0 Å². The van der Waals surface area contributed by atoms with Crippen molar-refractivity contribution in [3.63, 3.8) is 0 Å². The van der Waals surface area contributed by atoms with Crippen LogP contribution in [0.1, 0.15) is 11.3 Å².